The maximum absolute atomic E-state index is 11.3. The smallest absolute Gasteiger partial charge is 0.232 e. The molecule has 0 atom stereocenters. The summed E-state index contributed by atoms with van der Waals surface area (Å²) in [6.45, 7) is 0. The van der Waals surface area contributed by atoms with Gasteiger partial charge in [-0.25, -0.2) is 0 Å². The molecule has 0 aromatic rings. The van der Waals surface area contributed by atoms with Gasteiger partial charge in [-0.15, -0.1) is 0 Å². The number of nitriles is 1. The third kappa shape index (κ3) is 1.49. The number of rotatable bonds is 2. The van der Waals surface area contributed by atoms with Gasteiger partial charge in [0.25, 0.3) is 0 Å². The number of hydrogen-bond donors (Lipinski definition) is 0. The van der Waals surface area contributed by atoms with E-state index < -0.39 is 0 Å². The van der Waals surface area contributed by atoms with Crippen molar-refractivity contribution >= 4 is 5.78 Å². The van der Waals surface area contributed by atoms with Gasteiger partial charge in [-0.3, -0.25) is 4.79 Å². The first-order chi connectivity index (χ1) is 7.19. The Labute approximate surface area is 90.7 Å². The lowest BCUT2D eigenvalue weighted by Crippen LogP contribution is -2.46. The molecule has 4 aliphatic rings. The summed E-state index contributed by atoms with van der Waals surface area (Å²) < 4.78 is 0. The van der Waals surface area contributed by atoms with E-state index in [-0.39, 0.29) is 11.2 Å². The molecule has 4 aliphatic carbocycles. The zero-order valence-corrected chi connectivity index (χ0v) is 9.04. The molecule has 0 heterocycles. The van der Waals surface area contributed by atoms with E-state index in [1.165, 1.54) is 38.5 Å². The molecule has 2 nitrogen and oxygen atoms in total. The molecule has 0 aromatic heterocycles. The summed E-state index contributed by atoms with van der Waals surface area (Å²) in [4.78, 5) is 11.3. The summed E-state index contributed by atoms with van der Waals surface area (Å²) in [5, 5.41) is 8.64. The minimum atomic E-state index is -0.183. The molecule has 0 amide bonds. The molecule has 4 bridgehead atoms. The van der Waals surface area contributed by atoms with Crippen molar-refractivity contribution in [1.29, 1.82) is 5.26 Å². The molecule has 0 spiro atoms. The minimum Gasteiger partial charge on any atom is -0.283 e. The molecule has 0 N–H and O–H groups in total. The van der Waals surface area contributed by atoms with Gasteiger partial charge in [0, 0.05) is 6.42 Å². The predicted octanol–water partition coefficient (Wildman–Crippen LogP) is 2.69. The number of carbonyl (C=O) groups is 1. The van der Waals surface area contributed by atoms with Crippen LogP contribution >= 0.6 is 0 Å². The van der Waals surface area contributed by atoms with Crippen LogP contribution in [0.1, 0.15) is 44.9 Å². The Morgan fingerprint density at radius 3 is 2.00 bits per heavy atom. The Bertz CT molecular complexity index is 304. The molecule has 0 aromatic carbocycles. The van der Waals surface area contributed by atoms with Crippen LogP contribution in [0.15, 0.2) is 0 Å². The second kappa shape index (κ2) is 3.07. The predicted molar refractivity (Wildman–Crippen MR) is 55.8 cm³/mol. The van der Waals surface area contributed by atoms with Gasteiger partial charge in [-0.05, 0) is 61.7 Å². The zero-order valence-electron chi connectivity index (χ0n) is 9.04. The van der Waals surface area contributed by atoms with Crippen LogP contribution in [0.2, 0.25) is 0 Å². The van der Waals surface area contributed by atoms with E-state index in [9.17, 15) is 4.79 Å². The van der Waals surface area contributed by atoms with Gasteiger partial charge in [0.15, 0.2) is 0 Å². The molecule has 2 heteroatoms. The summed E-state index contributed by atoms with van der Waals surface area (Å²) in [5.41, 5.74) is 0.252. The minimum absolute atomic E-state index is 0.183. The normalized spacial score (nSPS) is 46.5. The third-order valence-corrected chi connectivity index (χ3v) is 4.83. The highest BCUT2D eigenvalue weighted by molar-refractivity contribution is 5.93. The molecule has 4 rings (SSSR count). The van der Waals surface area contributed by atoms with Crippen LogP contribution in [0.3, 0.4) is 0 Å². The lowest BCUT2D eigenvalue weighted by Gasteiger charge is -2.56. The standard InChI is InChI=1S/C13H17NO/c14-8-12(15)7-13-4-9-1-10(5-13)3-11(2-9)6-13/h9-11H,1-7H2. The summed E-state index contributed by atoms with van der Waals surface area (Å²) in [6, 6.07) is 1.80. The van der Waals surface area contributed by atoms with Crippen molar-refractivity contribution in [3.63, 3.8) is 0 Å². The van der Waals surface area contributed by atoms with Crippen LogP contribution in [0, 0.1) is 34.5 Å². The highest BCUT2D eigenvalue weighted by Gasteiger charge is 2.51. The van der Waals surface area contributed by atoms with Crippen molar-refractivity contribution in [2.45, 2.75) is 44.9 Å². The van der Waals surface area contributed by atoms with Crippen LogP contribution in [0.4, 0.5) is 0 Å². The number of Topliss-reactive ketones (excluding diaryl/α,β-unsaturated/α-hetero) is 1. The summed E-state index contributed by atoms with van der Waals surface area (Å²) in [7, 11) is 0. The number of ketones is 1. The molecule has 80 valence electrons. The van der Waals surface area contributed by atoms with E-state index in [1.807, 2.05) is 0 Å². The Balaban J connectivity index is 1.81. The second-order valence-electron chi connectivity index (χ2n) is 6.13. The fourth-order valence-corrected chi connectivity index (χ4v) is 4.89. The first-order valence-electron chi connectivity index (χ1n) is 6.12. The molecular formula is C13H17NO. The van der Waals surface area contributed by atoms with Crippen LogP contribution in [-0.2, 0) is 4.79 Å². The lowest BCUT2D eigenvalue weighted by atomic mass is 9.48. The maximum Gasteiger partial charge on any atom is 0.232 e. The molecular weight excluding hydrogens is 186 g/mol. The number of hydrogen-bond acceptors (Lipinski definition) is 2. The highest BCUT2D eigenvalue weighted by atomic mass is 16.1. The summed E-state index contributed by atoms with van der Waals surface area (Å²) in [5.74, 6) is 2.45. The fourth-order valence-electron chi connectivity index (χ4n) is 4.89. The average Bonchev–Trinajstić information content (AvgIpc) is 2.14. The van der Waals surface area contributed by atoms with E-state index >= 15 is 0 Å². The Morgan fingerprint density at radius 2 is 1.60 bits per heavy atom. The number of nitrogens with zero attached hydrogens (tertiary/aromatic N) is 1. The maximum atomic E-state index is 11.3. The molecule has 15 heavy (non-hydrogen) atoms. The first kappa shape index (κ1) is 9.39. The zero-order chi connectivity index (χ0) is 10.5. The van der Waals surface area contributed by atoms with Crippen LogP contribution in [0.25, 0.3) is 0 Å². The van der Waals surface area contributed by atoms with E-state index in [1.54, 1.807) is 6.07 Å². The van der Waals surface area contributed by atoms with Crippen molar-refractivity contribution in [3.8, 4) is 6.07 Å². The van der Waals surface area contributed by atoms with Gasteiger partial charge in [0.05, 0.1) is 0 Å². The lowest BCUT2D eigenvalue weighted by molar-refractivity contribution is -0.122. The van der Waals surface area contributed by atoms with Gasteiger partial charge < -0.3 is 0 Å². The average molecular weight is 203 g/mol. The van der Waals surface area contributed by atoms with Crippen molar-refractivity contribution in [2.24, 2.45) is 23.2 Å². The SMILES string of the molecule is N#CC(=O)CC12CC3CC(CC(C3)C1)C2. The monoisotopic (exact) mass is 203 g/mol. The van der Waals surface area contributed by atoms with E-state index in [2.05, 4.69) is 0 Å². The first-order valence-corrected chi connectivity index (χ1v) is 6.12. The van der Waals surface area contributed by atoms with Crippen LogP contribution in [0.5, 0.6) is 0 Å². The number of carbonyl (C=O) groups excluding carboxylic acids is 1. The van der Waals surface area contributed by atoms with Gasteiger partial charge in [0.2, 0.25) is 5.78 Å². The Kier molecular flexibility index (Phi) is 1.92. The van der Waals surface area contributed by atoms with Gasteiger partial charge in [-0.2, -0.15) is 5.26 Å². The van der Waals surface area contributed by atoms with E-state index in [4.69, 9.17) is 5.26 Å². The molecule has 4 saturated carbocycles. The molecule has 4 fully saturated rings. The van der Waals surface area contributed by atoms with Crippen molar-refractivity contribution in [1.82, 2.24) is 0 Å². The summed E-state index contributed by atoms with van der Waals surface area (Å²) in [6.07, 6.45) is 8.44. The Morgan fingerprint density at radius 1 is 1.13 bits per heavy atom. The van der Waals surface area contributed by atoms with Crippen molar-refractivity contribution in [3.05, 3.63) is 0 Å². The van der Waals surface area contributed by atoms with E-state index in [0.29, 0.717) is 6.42 Å². The second-order valence-corrected chi connectivity index (χ2v) is 6.13. The largest absolute Gasteiger partial charge is 0.283 e. The molecule has 0 aliphatic heterocycles. The van der Waals surface area contributed by atoms with E-state index in [0.717, 1.165) is 17.8 Å². The van der Waals surface area contributed by atoms with Gasteiger partial charge in [-0.1, -0.05) is 0 Å². The van der Waals surface area contributed by atoms with Crippen LogP contribution < -0.4 is 0 Å². The van der Waals surface area contributed by atoms with Crippen LogP contribution in [-0.4, -0.2) is 5.78 Å². The van der Waals surface area contributed by atoms with Crippen molar-refractivity contribution < 1.29 is 4.79 Å². The topological polar surface area (TPSA) is 40.9 Å². The van der Waals surface area contributed by atoms with Gasteiger partial charge >= 0.3 is 0 Å². The fraction of sp³-hybridized carbons (Fsp3) is 0.846. The molecule has 0 radical (unpaired) electrons. The third-order valence-electron chi connectivity index (χ3n) is 4.83. The summed E-state index contributed by atoms with van der Waals surface area (Å²) >= 11 is 0. The molecule has 0 saturated heterocycles. The quantitative estimate of drug-likeness (QED) is 0.647. The molecule has 0 unspecified atom stereocenters. The van der Waals surface area contributed by atoms with Crippen molar-refractivity contribution in [2.75, 3.05) is 0 Å². The van der Waals surface area contributed by atoms with Gasteiger partial charge in [0.1, 0.15) is 6.07 Å². The highest BCUT2D eigenvalue weighted by Crippen LogP contribution is 2.61. The Hall–Kier alpha value is -0.840.